The van der Waals surface area contributed by atoms with Crippen molar-refractivity contribution in [1.29, 1.82) is 0 Å². The van der Waals surface area contributed by atoms with Gasteiger partial charge in [0.15, 0.2) is 6.10 Å². The fraction of sp³-hybridized carbons (Fsp3) is 0.939. The second-order valence-corrected chi connectivity index (χ2v) is 17.5. The second-order valence-electron chi connectivity index (χ2n) is 17.5. The SMILES string of the molecule is CCCCCCCCCCCCCCCC(=O)OC[C@H](COC(=O)CCCCCCCCCCC(C)CC)OC(=O)CCCCCCCCCCCC(C)C. The average molecular weight is 779 g/mol. The summed E-state index contributed by atoms with van der Waals surface area (Å²) in [5.74, 6) is 0.799. The monoisotopic (exact) mass is 779 g/mol. The lowest BCUT2D eigenvalue weighted by atomic mass is 9.99. The van der Waals surface area contributed by atoms with Crippen LogP contribution >= 0.6 is 0 Å². The molecule has 0 bridgehead atoms. The predicted molar refractivity (Wildman–Crippen MR) is 233 cm³/mol. The van der Waals surface area contributed by atoms with Gasteiger partial charge in [-0.05, 0) is 31.1 Å². The van der Waals surface area contributed by atoms with E-state index in [0.29, 0.717) is 19.3 Å². The van der Waals surface area contributed by atoms with E-state index < -0.39 is 6.10 Å². The topological polar surface area (TPSA) is 78.9 Å². The largest absolute Gasteiger partial charge is 0.462 e. The number of hydrogen-bond donors (Lipinski definition) is 0. The molecule has 6 nitrogen and oxygen atoms in total. The van der Waals surface area contributed by atoms with E-state index in [9.17, 15) is 14.4 Å². The van der Waals surface area contributed by atoms with Gasteiger partial charge in [0.25, 0.3) is 0 Å². The average Bonchev–Trinajstić information content (AvgIpc) is 3.17. The Morgan fingerprint density at radius 1 is 0.382 bits per heavy atom. The quantitative estimate of drug-likeness (QED) is 0.0348. The standard InChI is InChI=1S/C49H94O6/c1-6-8-9-10-11-12-13-14-15-18-24-29-34-39-47(50)53-42-46(55-49(52)41-36-31-26-19-16-17-22-27-32-37-44(3)4)43-54-48(51)40-35-30-25-21-20-23-28-33-38-45(5)7-2/h44-46H,6-43H2,1-5H3/t45?,46-/m1/s1. The lowest BCUT2D eigenvalue weighted by molar-refractivity contribution is -0.167. The maximum absolute atomic E-state index is 12.7. The van der Waals surface area contributed by atoms with Crippen LogP contribution in [-0.4, -0.2) is 37.2 Å². The summed E-state index contributed by atoms with van der Waals surface area (Å²) in [4.78, 5) is 37.8. The van der Waals surface area contributed by atoms with E-state index in [1.165, 1.54) is 154 Å². The number of carbonyl (C=O) groups excluding carboxylic acids is 3. The van der Waals surface area contributed by atoms with Crippen LogP contribution in [0.25, 0.3) is 0 Å². The van der Waals surface area contributed by atoms with Gasteiger partial charge in [-0.15, -0.1) is 0 Å². The van der Waals surface area contributed by atoms with Crippen molar-refractivity contribution < 1.29 is 28.6 Å². The number of unbranched alkanes of at least 4 members (excludes halogenated alkanes) is 27. The minimum absolute atomic E-state index is 0.0647. The van der Waals surface area contributed by atoms with Crippen molar-refractivity contribution in [2.45, 2.75) is 272 Å². The highest BCUT2D eigenvalue weighted by molar-refractivity contribution is 5.71. The third-order valence-electron chi connectivity index (χ3n) is 11.3. The van der Waals surface area contributed by atoms with Gasteiger partial charge < -0.3 is 14.2 Å². The molecule has 0 aromatic heterocycles. The Morgan fingerprint density at radius 3 is 1.04 bits per heavy atom. The maximum Gasteiger partial charge on any atom is 0.306 e. The molecule has 55 heavy (non-hydrogen) atoms. The first-order chi connectivity index (χ1) is 26.8. The molecule has 0 aliphatic heterocycles. The molecule has 0 radical (unpaired) electrons. The van der Waals surface area contributed by atoms with Gasteiger partial charge in [0.1, 0.15) is 13.2 Å². The van der Waals surface area contributed by atoms with Crippen molar-refractivity contribution in [3.05, 3.63) is 0 Å². The first-order valence-corrected chi connectivity index (χ1v) is 24.3. The Kier molecular flexibility index (Phi) is 40.8. The minimum Gasteiger partial charge on any atom is -0.462 e. The molecule has 0 saturated heterocycles. The molecule has 326 valence electrons. The van der Waals surface area contributed by atoms with E-state index in [4.69, 9.17) is 14.2 Å². The van der Waals surface area contributed by atoms with E-state index in [1.54, 1.807) is 0 Å². The van der Waals surface area contributed by atoms with Crippen LogP contribution in [0.5, 0.6) is 0 Å². The van der Waals surface area contributed by atoms with Crippen molar-refractivity contribution >= 4 is 17.9 Å². The molecule has 0 aromatic carbocycles. The first-order valence-electron chi connectivity index (χ1n) is 24.3. The summed E-state index contributed by atoms with van der Waals surface area (Å²) in [6.07, 6.45) is 40.8. The summed E-state index contributed by atoms with van der Waals surface area (Å²) in [6, 6.07) is 0. The van der Waals surface area contributed by atoms with Crippen LogP contribution in [0.4, 0.5) is 0 Å². The van der Waals surface area contributed by atoms with Gasteiger partial charge in [-0.25, -0.2) is 0 Å². The summed E-state index contributed by atoms with van der Waals surface area (Å²) >= 11 is 0. The molecule has 0 saturated carbocycles. The molecule has 2 atom stereocenters. The van der Waals surface area contributed by atoms with Crippen molar-refractivity contribution in [1.82, 2.24) is 0 Å². The molecule has 0 amide bonds. The van der Waals surface area contributed by atoms with Gasteiger partial charge in [-0.3, -0.25) is 14.4 Å². The molecule has 0 N–H and O–H groups in total. The third kappa shape index (κ3) is 41.9. The normalized spacial score (nSPS) is 12.5. The Morgan fingerprint density at radius 2 is 0.691 bits per heavy atom. The highest BCUT2D eigenvalue weighted by Crippen LogP contribution is 2.17. The van der Waals surface area contributed by atoms with Crippen LogP contribution in [0.15, 0.2) is 0 Å². The van der Waals surface area contributed by atoms with E-state index in [2.05, 4.69) is 34.6 Å². The van der Waals surface area contributed by atoms with Gasteiger partial charge in [-0.1, -0.05) is 227 Å². The Labute approximate surface area is 342 Å². The molecule has 1 unspecified atom stereocenters. The summed E-state index contributed by atoms with van der Waals surface area (Å²) in [5.41, 5.74) is 0. The lowest BCUT2D eigenvalue weighted by Gasteiger charge is -2.18. The van der Waals surface area contributed by atoms with Crippen molar-refractivity contribution in [3.63, 3.8) is 0 Å². The molecule has 0 heterocycles. The van der Waals surface area contributed by atoms with Gasteiger partial charge in [0.05, 0.1) is 0 Å². The zero-order chi connectivity index (χ0) is 40.5. The molecule has 0 aliphatic rings. The maximum atomic E-state index is 12.7. The number of rotatable bonds is 43. The molecule has 0 fully saturated rings. The molecule has 0 spiro atoms. The molecule has 0 aliphatic carbocycles. The van der Waals surface area contributed by atoms with Crippen LogP contribution in [-0.2, 0) is 28.6 Å². The van der Waals surface area contributed by atoms with Gasteiger partial charge in [-0.2, -0.15) is 0 Å². The van der Waals surface area contributed by atoms with Crippen LogP contribution < -0.4 is 0 Å². The molecular formula is C49H94O6. The zero-order valence-corrected chi connectivity index (χ0v) is 37.6. The van der Waals surface area contributed by atoms with E-state index in [1.807, 2.05) is 0 Å². The molecular weight excluding hydrogens is 685 g/mol. The van der Waals surface area contributed by atoms with Crippen molar-refractivity contribution in [3.8, 4) is 0 Å². The summed E-state index contributed by atoms with van der Waals surface area (Å²) < 4.78 is 16.8. The number of esters is 3. The fourth-order valence-corrected chi connectivity index (χ4v) is 7.25. The second kappa shape index (κ2) is 42.0. The molecule has 0 rings (SSSR count). The van der Waals surface area contributed by atoms with Crippen molar-refractivity contribution in [2.75, 3.05) is 13.2 Å². The van der Waals surface area contributed by atoms with Gasteiger partial charge >= 0.3 is 17.9 Å². The lowest BCUT2D eigenvalue weighted by Crippen LogP contribution is -2.30. The third-order valence-corrected chi connectivity index (χ3v) is 11.3. The first kappa shape index (κ1) is 53.4. The summed E-state index contributed by atoms with van der Waals surface area (Å²) in [7, 11) is 0. The smallest absolute Gasteiger partial charge is 0.306 e. The van der Waals surface area contributed by atoms with E-state index >= 15 is 0 Å². The summed E-state index contributed by atoms with van der Waals surface area (Å²) in [6.45, 7) is 11.3. The Hall–Kier alpha value is -1.59. The molecule has 0 aromatic rings. The van der Waals surface area contributed by atoms with Crippen LogP contribution in [0.1, 0.15) is 266 Å². The molecule has 6 heteroatoms. The summed E-state index contributed by atoms with van der Waals surface area (Å²) in [5, 5.41) is 0. The van der Waals surface area contributed by atoms with Crippen LogP contribution in [0.3, 0.4) is 0 Å². The highest BCUT2D eigenvalue weighted by Gasteiger charge is 2.19. The Balaban J connectivity index is 4.34. The minimum atomic E-state index is -0.761. The number of carbonyl (C=O) groups is 3. The van der Waals surface area contributed by atoms with Gasteiger partial charge in [0, 0.05) is 19.3 Å². The van der Waals surface area contributed by atoms with Crippen LogP contribution in [0, 0.1) is 11.8 Å². The predicted octanol–water partition coefficient (Wildman–Crippen LogP) is 15.4. The van der Waals surface area contributed by atoms with E-state index in [-0.39, 0.29) is 31.1 Å². The fourth-order valence-electron chi connectivity index (χ4n) is 7.25. The Bertz CT molecular complexity index is 841. The number of hydrogen-bond acceptors (Lipinski definition) is 6. The van der Waals surface area contributed by atoms with E-state index in [0.717, 1.165) is 69.6 Å². The highest BCUT2D eigenvalue weighted by atomic mass is 16.6. The van der Waals surface area contributed by atoms with Gasteiger partial charge in [0.2, 0.25) is 0 Å². The zero-order valence-electron chi connectivity index (χ0n) is 37.6. The van der Waals surface area contributed by atoms with Crippen molar-refractivity contribution in [2.24, 2.45) is 11.8 Å². The van der Waals surface area contributed by atoms with Crippen LogP contribution in [0.2, 0.25) is 0 Å². The number of ether oxygens (including phenoxy) is 3.